The minimum absolute atomic E-state index is 0.0722. The van der Waals surface area contributed by atoms with Gasteiger partial charge in [-0.15, -0.1) is 12.5 Å². The minimum Gasteiger partial charge on any atom is -0.389 e. The molecule has 3 nitrogen and oxygen atoms in total. The van der Waals surface area contributed by atoms with E-state index < -0.39 is 11.9 Å². The normalized spacial score (nSPS) is 29.2. The van der Waals surface area contributed by atoms with Crippen LogP contribution in [0.5, 0.6) is 0 Å². The van der Waals surface area contributed by atoms with E-state index in [0.717, 1.165) is 6.42 Å². The average molecular weight is 224 g/mol. The Bertz CT molecular complexity index is 298. The predicted octanol–water partition coefficient (Wildman–Crippen LogP) is 1.86. The summed E-state index contributed by atoms with van der Waals surface area (Å²) in [6, 6.07) is 0. The van der Waals surface area contributed by atoms with Gasteiger partial charge in [0.1, 0.15) is 6.10 Å². The standard InChI is InChI=1S/C13H20O3/c1-5-7-11-12(9-8-10(14)6-2)16-13(3,4)15-11/h6,10-12,14H,2,8-9H2,1,3-4H3/t10?,11-,12+/m1/s1. The molecule has 1 N–H and O–H groups in total. The topological polar surface area (TPSA) is 38.7 Å². The van der Waals surface area contributed by atoms with Crippen molar-refractivity contribution in [2.24, 2.45) is 0 Å². The van der Waals surface area contributed by atoms with Crippen LogP contribution in [0.3, 0.4) is 0 Å². The highest BCUT2D eigenvalue weighted by atomic mass is 16.7. The molecule has 0 amide bonds. The van der Waals surface area contributed by atoms with Gasteiger partial charge in [-0.2, -0.15) is 0 Å². The molecule has 16 heavy (non-hydrogen) atoms. The molecule has 1 fully saturated rings. The Morgan fingerprint density at radius 1 is 1.50 bits per heavy atom. The van der Waals surface area contributed by atoms with Gasteiger partial charge in [0.15, 0.2) is 5.79 Å². The van der Waals surface area contributed by atoms with Gasteiger partial charge in [0, 0.05) is 0 Å². The van der Waals surface area contributed by atoms with E-state index in [1.807, 2.05) is 13.8 Å². The first-order valence-corrected chi connectivity index (χ1v) is 5.57. The van der Waals surface area contributed by atoms with Gasteiger partial charge in [-0.1, -0.05) is 12.0 Å². The zero-order valence-electron chi connectivity index (χ0n) is 10.2. The number of hydrogen-bond donors (Lipinski definition) is 1. The van der Waals surface area contributed by atoms with Crippen molar-refractivity contribution in [2.75, 3.05) is 0 Å². The summed E-state index contributed by atoms with van der Waals surface area (Å²) in [7, 11) is 0. The molecule has 3 atom stereocenters. The average Bonchev–Trinajstić information content (AvgIpc) is 2.50. The zero-order chi connectivity index (χ0) is 12.2. The van der Waals surface area contributed by atoms with E-state index >= 15 is 0 Å². The molecular weight excluding hydrogens is 204 g/mol. The Kier molecular flexibility index (Phi) is 4.55. The molecule has 0 aromatic rings. The summed E-state index contributed by atoms with van der Waals surface area (Å²) in [5, 5.41) is 9.41. The second-order valence-electron chi connectivity index (χ2n) is 4.37. The zero-order valence-corrected chi connectivity index (χ0v) is 10.2. The van der Waals surface area contributed by atoms with E-state index in [1.165, 1.54) is 6.08 Å². The van der Waals surface area contributed by atoms with Gasteiger partial charge >= 0.3 is 0 Å². The van der Waals surface area contributed by atoms with E-state index in [-0.39, 0.29) is 12.2 Å². The number of aliphatic hydroxyl groups excluding tert-OH is 1. The highest BCUT2D eigenvalue weighted by Gasteiger charge is 2.40. The molecule has 1 aliphatic rings. The summed E-state index contributed by atoms with van der Waals surface area (Å²) in [6.07, 6.45) is 2.11. The van der Waals surface area contributed by atoms with E-state index in [4.69, 9.17) is 9.47 Å². The quantitative estimate of drug-likeness (QED) is 0.585. The summed E-state index contributed by atoms with van der Waals surface area (Å²) >= 11 is 0. The Hall–Kier alpha value is -0.820. The first-order chi connectivity index (χ1) is 7.48. The number of rotatable bonds is 4. The van der Waals surface area contributed by atoms with Gasteiger partial charge < -0.3 is 14.6 Å². The van der Waals surface area contributed by atoms with Crippen molar-refractivity contribution in [2.45, 2.75) is 57.7 Å². The van der Waals surface area contributed by atoms with Crippen LogP contribution in [0, 0.1) is 11.8 Å². The molecule has 1 rings (SSSR count). The maximum atomic E-state index is 9.41. The van der Waals surface area contributed by atoms with Crippen molar-refractivity contribution in [1.29, 1.82) is 0 Å². The molecule has 1 saturated heterocycles. The fourth-order valence-corrected chi connectivity index (χ4v) is 1.76. The number of aliphatic hydroxyl groups is 1. The smallest absolute Gasteiger partial charge is 0.165 e. The van der Waals surface area contributed by atoms with Crippen molar-refractivity contribution >= 4 is 0 Å². The van der Waals surface area contributed by atoms with E-state index in [0.29, 0.717) is 6.42 Å². The molecule has 0 aromatic heterocycles. The fourth-order valence-electron chi connectivity index (χ4n) is 1.76. The first-order valence-electron chi connectivity index (χ1n) is 5.57. The van der Waals surface area contributed by atoms with Crippen LogP contribution in [0.1, 0.15) is 33.6 Å². The van der Waals surface area contributed by atoms with E-state index in [2.05, 4.69) is 18.4 Å². The third kappa shape index (κ3) is 3.64. The Balaban J connectivity index is 2.55. The molecule has 0 radical (unpaired) electrons. The molecule has 0 aliphatic carbocycles. The second-order valence-corrected chi connectivity index (χ2v) is 4.37. The molecule has 1 unspecified atom stereocenters. The molecule has 1 aliphatic heterocycles. The van der Waals surface area contributed by atoms with Crippen LogP contribution >= 0.6 is 0 Å². The summed E-state index contributed by atoms with van der Waals surface area (Å²) in [5.41, 5.74) is 0. The fraction of sp³-hybridized carbons (Fsp3) is 0.692. The molecule has 0 aromatic carbocycles. The number of hydrogen-bond acceptors (Lipinski definition) is 3. The van der Waals surface area contributed by atoms with Crippen LogP contribution in [-0.4, -0.2) is 29.2 Å². The van der Waals surface area contributed by atoms with Gasteiger partial charge in [0.2, 0.25) is 0 Å². The van der Waals surface area contributed by atoms with Crippen LogP contribution in [0.15, 0.2) is 12.7 Å². The maximum absolute atomic E-state index is 9.41. The lowest BCUT2D eigenvalue weighted by Gasteiger charge is -2.16. The molecule has 0 saturated carbocycles. The molecule has 3 heteroatoms. The van der Waals surface area contributed by atoms with Crippen molar-refractivity contribution in [3.63, 3.8) is 0 Å². The van der Waals surface area contributed by atoms with Crippen molar-refractivity contribution in [3.05, 3.63) is 12.7 Å². The maximum Gasteiger partial charge on any atom is 0.165 e. The second kappa shape index (κ2) is 5.49. The van der Waals surface area contributed by atoms with Gasteiger partial charge in [-0.05, 0) is 33.6 Å². The minimum atomic E-state index is -0.585. The molecule has 90 valence electrons. The SMILES string of the molecule is C=CC(O)CC[C@@H]1OC(C)(C)O[C@@H]1C#CC. The predicted molar refractivity (Wildman–Crippen MR) is 62.7 cm³/mol. The summed E-state index contributed by atoms with van der Waals surface area (Å²) in [6.45, 7) is 9.07. The third-order valence-corrected chi connectivity index (χ3v) is 2.49. The van der Waals surface area contributed by atoms with Crippen molar-refractivity contribution < 1.29 is 14.6 Å². The Morgan fingerprint density at radius 3 is 2.75 bits per heavy atom. The highest BCUT2D eigenvalue weighted by molar-refractivity contribution is 5.08. The van der Waals surface area contributed by atoms with Crippen LogP contribution in [-0.2, 0) is 9.47 Å². The van der Waals surface area contributed by atoms with E-state index in [9.17, 15) is 5.11 Å². The van der Waals surface area contributed by atoms with Gasteiger partial charge in [0.25, 0.3) is 0 Å². The van der Waals surface area contributed by atoms with Crippen LogP contribution < -0.4 is 0 Å². The van der Waals surface area contributed by atoms with E-state index in [1.54, 1.807) is 6.92 Å². The summed E-state index contributed by atoms with van der Waals surface area (Å²) < 4.78 is 11.4. The van der Waals surface area contributed by atoms with Gasteiger partial charge in [-0.25, -0.2) is 0 Å². The molecule has 0 bridgehead atoms. The van der Waals surface area contributed by atoms with Crippen LogP contribution in [0.25, 0.3) is 0 Å². The first kappa shape index (κ1) is 13.2. The van der Waals surface area contributed by atoms with Crippen LogP contribution in [0.4, 0.5) is 0 Å². The Morgan fingerprint density at radius 2 is 2.19 bits per heavy atom. The van der Waals surface area contributed by atoms with Crippen molar-refractivity contribution in [1.82, 2.24) is 0 Å². The largest absolute Gasteiger partial charge is 0.389 e. The number of ether oxygens (including phenoxy) is 2. The van der Waals surface area contributed by atoms with Gasteiger partial charge in [-0.3, -0.25) is 0 Å². The third-order valence-electron chi connectivity index (χ3n) is 2.49. The van der Waals surface area contributed by atoms with Gasteiger partial charge in [0.05, 0.1) is 12.2 Å². The Labute approximate surface area is 97.4 Å². The van der Waals surface area contributed by atoms with Crippen LogP contribution in [0.2, 0.25) is 0 Å². The lowest BCUT2D eigenvalue weighted by Crippen LogP contribution is -2.22. The molecule has 1 heterocycles. The monoisotopic (exact) mass is 224 g/mol. The summed E-state index contributed by atoms with van der Waals surface area (Å²) in [5.74, 6) is 5.24. The molecular formula is C13H20O3. The summed E-state index contributed by atoms with van der Waals surface area (Å²) in [4.78, 5) is 0. The highest BCUT2D eigenvalue weighted by Crippen LogP contribution is 2.30. The molecule has 0 spiro atoms. The lowest BCUT2D eigenvalue weighted by molar-refractivity contribution is -0.143. The van der Waals surface area contributed by atoms with Crippen molar-refractivity contribution in [3.8, 4) is 11.8 Å². The lowest BCUT2D eigenvalue weighted by atomic mass is 10.1.